The molecule has 4 rings (SSSR count). The Morgan fingerprint density at radius 2 is 1.21 bits per heavy atom. The molecular weight excluding hydrogens is 405 g/mol. The van der Waals surface area contributed by atoms with Crippen LogP contribution in [0.3, 0.4) is 0 Å². The van der Waals surface area contributed by atoms with Gasteiger partial charge in [0, 0.05) is 5.75 Å². The van der Waals surface area contributed by atoms with Crippen molar-refractivity contribution in [2.75, 3.05) is 5.75 Å². The molecule has 0 spiro atoms. The minimum atomic E-state index is -2.31. The minimum absolute atomic E-state index is 0.637. The number of benzene rings is 3. The van der Waals surface area contributed by atoms with Crippen molar-refractivity contribution in [3.63, 3.8) is 0 Å². The first-order valence-electron chi connectivity index (χ1n) is 10.4. The third kappa shape index (κ3) is 4.28. The molecule has 1 aliphatic rings. The molecule has 1 aliphatic heterocycles. The maximum atomic E-state index is 2.53. The molecule has 0 saturated heterocycles. The zero-order valence-electron chi connectivity index (χ0n) is 17.1. The highest BCUT2D eigenvalue weighted by Crippen LogP contribution is 2.42. The van der Waals surface area contributed by atoms with E-state index in [-0.39, 0.29) is 0 Å². The van der Waals surface area contributed by atoms with Crippen LogP contribution in [0.25, 0.3) is 0 Å². The molecule has 0 aromatic heterocycles. The molecule has 29 heavy (non-hydrogen) atoms. The van der Waals surface area contributed by atoms with Crippen LogP contribution < -0.4 is 15.6 Å². The maximum absolute atomic E-state index is 2.53. The summed E-state index contributed by atoms with van der Waals surface area (Å²) in [6, 6.07) is 33.8. The van der Waals surface area contributed by atoms with E-state index >= 15 is 0 Å². The summed E-state index contributed by atoms with van der Waals surface area (Å²) < 4.78 is 2.24. The van der Waals surface area contributed by atoms with Gasteiger partial charge in [-0.25, -0.2) is 0 Å². The van der Waals surface area contributed by atoms with Gasteiger partial charge in [0.05, 0.1) is 4.58 Å². The van der Waals surface area contributed by atoms with Crippen LogP contribution >= 0.6 is 23.5 Å². The summed E-state index contributed by atoms with van der Waals surface area (Å²) in [6.45, 7) is 4.69. The van der Waals surface area contributed by atoms with Crippen LogP contribution in [0.15, 0.2) is 102 Å². The topological polar surface area (TPSA) is 0 Å². The van der Waals surface area contributed by atoms with E-state index in [0.29, 0.717) is 4.58 Å². The lowest BCUT2D eigenvalue weighted by Gasteiger charge is -2.39. The Kier molecular flexibility index (Phi) is 6.69. The molecule has 0 bridgehead atoms. The van der Waals surface area contributed by atoms with Gasteiger partial charge >= 0.3 is 0 Å². The monoisotopic (exact) mass is 432 g/mol. The van der Waals surface area contributed by atoms with Crippen LogP contribution in [-0.4, -0.2) is 18.4 Å². The predicted octanol–water partition coefficient (Wildman–Crippen LogP) is 5.43. The third-order valence-corrected chi connectivity index (χ3v) is 13.8. The van der Waals surface area contributed by atoms with Gasteiger partial charge in [-0.1, -0.05) is 111 Å². The van der Waals surface area contributed by atoms with Gasteiger partial charge in [-0.05, 0) is 32.4 Å². The largest absolute Gasteiger partial charge is 0.186 e. The predicted molar refractivity (Wildman–Crippen MR) is 135 cm³/mol. The van der Waals surface area contributed by atoms with Crippen LogP contribution in [0.4, 0.5) is 0 Å². The van der Waals surface area contributed by atoms with Gasteiger partial charge < -0.3 is 0 Å². The molecule has 0 nitrogen and oxygen atoms in total. The van der Waals surface area contributed by atoms with Gasteiger partial charge in [0.1, 0.15) is 0 Å². The summed E-state index contributed by atoms with van der Waals surface area (Å²) >= 11 is 4.24. The molecule has 3 aromatic rings. The Morgan fingerprint density at radius 1 is 0.759 bits per heavy atom. The fourth-order valence-corrected chi connectivity index (χ4v) is 14.0. The van der Waals surface area contributed by atoms with Gasteiger partial charge in [-0.2, -0.15) is 0 Å². The molecule has 3 aromatic carbocycles. The highest BCUT2D eigenvalue weighted by molar-refractivity contribution is 8.20. The lowest BCUT2D eigenvalue weighted by molar-refractivity contribution is 0.620. The summed E-state index contributed by atoms with van der Waals surface area (Å²) in [6.07, 6.45) is 3.79. The van der Waals surface area contributed by atoms with Crippen molar-refractivity contribution in [2.24, 2.45) is 5.92 Å². The van der Waals surface area contributed by atoms with Crippen LogP contribution in [-0.2, 0) is 0 Å². The SMILES string of the molecule is CC(C)CC1SCC=C([Si](c2ccccc2)(c2ccccc2)c2ccccc2)S1. The Bertz CT molecular complexity index is 840. The number of hydrogen-bond donors (Lipinski definition) is 0. The van der Waals surface area contributed by atoms with E-state index < -0.39 is 8.07 Å². The summed E-state index contributed by atoms with van der Waals surface area (Å²) in [5.74, 6) is 1.83. The van der Waals surface area contributed by atoms with Gasteiger partial charge in [-0.3, -0.25) is 0 Å². The zero-order valence-corrected chi connectivity index (χ0v) is 19.8. The summed E-state index contributed by atoms with van der Waals surface area (Å²) in [4.78, 5) is 0. The van der Waals surface area contributed by atoms with E-state index in [1.165, 1.54) is 22.0 Å². The fraction of sp³-hybridized carbons (Fsp3) is 0.231. The first-order valence-corrected chi connectivity index (χ1v) is 14.3. The fourth-order valence-electron chi connectivity index (χ4n) is 4.19. The molecule has 1 atom stereocenters. The second kappa shape index (κ2) is 9.42. The molecule has 0 saturated carbocycles. The average Bonchev–Trinajstić information content (AvgIpc) is 2.77. The average molecular weight is 433 g/mol. The van der Waals surface area contributed by atoms with E-state index in [1.54, 1.807) is 4.53 Å². The summed E-state index contributed by atoms with van der Waals surface area (Å²) in [5, 5.41) is 4.43. The summed E-state index contributed by atoms with van der Waals surface area (Å²) in [7, 11) is -2.31. The smallest absolute Gasteiger partial charge is 0.143 e. The van der Waals surface area contributed by atoms with Crippen LogP contribution in [0, 0.1) is 5.92 Å². The van der Waals surface area contributed by atoms with E-state index in [1.807, 2.05) is 0 Å². The van der Waals surface area contributed by atoms with Crippen LogP contribution in [0.2, 0.25) is 0 Å². The molecule has 0 radical (unpaired) electrons. The quantitative estimate of drug-likeness (QED) is 0.376. The van der Waals surface area contributed by atoms with E-state index in [4.69, 9.17) is 0 Å². The Balaban J connectivity index is 1.95. The molecule has 1 heterocycles. The van der Waals surface area contributed by atoms with Gasteiger partial charge in [0.2, 0.25) is 0 Å². The lowest BCUT2D eigenvalue weighted by Crippen LogP contribution is -2.68. The first kappa shape index (κ1) is 20.6. The van der Waals surface area contributed by atoms with Crippen molar-refractivity contribution in [3.05, 3.63) is 102 Å². The van der Waals surface area contributed by atoms with Crippen molar-refractivity contribution in [3.8, 4) is 0 Å². The second-order valence-corrected chi connectivity index (χ2v) is 14.8. The van der Waals surface area contributed by atoms with Crippen molar-refractivity contribution >= 4 is 47.2 Å². The Morgan fingerprint density at radius 3 is 1.62 bits per heavy atom. The van der Waals surface area contributed by atoms with Gasteiger partial charge in [0.15, 0.2) is 8.07 Å². The molecule has 148 valence electrons. The maximum Gasteiger partial charge on any atom is 0.186 e. The van der Waals surface area contributed by atoms with Crippen LogP contribution in [0.5, 0.6) is 0 Å². The zero-order chi connectivity index (χ0) is 20.1. The van der Waals surface area contributed by atoms with Gasteiger partial charge in [0.25, 0.3) is 0 Å². The van der Waals surface area contributed by atoms with Crippen molar-refractivity contribution in [1.29, 1.82) is 0 Å². The van der Waals surface area contributed by atoms with E-state index in [2.05, 4.69) is 134 Å². The lowest BCUT2D eigenvalue weighted by atomic mass is 10.2. The standard InChI is InChI=1S/C26H28S2Si/c1-21(2)20-25-27-19-18-26(28-25)29(22-12-6-3-7-13-22,23-14-8-4-9-15-23)24-16-10-5-11-17-24/h3-18,21,25H,19-20H2,1-2H3. The molecule has 1 unspecified atom stereocenters. The van der Waals surface area contributed by atoms with Crippen molar-refractivity contribution < 1.29 is 0 Å². The highest BCUT2D eigenvalue weighted by Gasteiger charge is 2.44. The van der Waals surface area contributed by atoms with E-state index in [9.17, 15) is 0 Å². The molecule has 0 amide bonds. The highest BCUT2D eigenvalue weighted by atomic mass is 32.2. The van der Waals surface area contributed by atoms with Gasteiger partial charge in [-0.15, -0.1) is 23.5 Å². The molecule has 0 aliphatic carbocycles. The first-order chi connectivity index (χ1) is 14.2. The van der Waals surface area contributed by atoms with Crippen molar-refractivity contribution in [1.82, 2.24) is 0 Å². The number of thioether (sulfide) groups is 2. The number of rotatable bonds is 6. The van der Waals surface area contributed by atoms with Crippen LogP contribution in [0.1, 0.15) is 20.3 Å². The minimum Gasteiger partial charge on any atom is -0.143 e. The molecular formula is C26H28S2Si. The summed E-state index contributed by atoms with van der Waals surface area (Å²) in [5.41, 5.74) is 0. The molecule has 0 fully saturated rings. The molecule has 3 heteroatoms. The second-order valence-electron chi connectivity index (χ2n) is 7.93. The normalized spacial score (nSPS) is 17.2. The van der Waals surface area contributed by atoms with E-state index in [0.717, 1.165) is 11.7 Å². The molecule has 0 N–H and O–H groups in total. The van der Waals surface area contributed by atoms with Crippen molar-refractivity contribution in [2.45, 2.75) is 24.9 Å². The third-order valence-electron chi connectivity index (χ3n) is 5.46. The Hall–Kier alpha value is -1.68. The number of hydrogen-bond acceptors (Lipinski definition) is 2. The Labute approximate surface area is 184 Å².